The predicted octanol–water partition coefficient (Wildman–Crippen LogP) is 9.26. The number of carbonyl (C=O) groups is 2. The van der Waals surface area contributed by atoms with Gasteiger partial charge in [-0.2, -0.15) is 0 Å². The van der Waals surface area contributed by atoms with Gasteiger partial charge in [0, 0.05) is 12.0 Å². The molecule has 5 heteroatoms. The summed E-state index contributed by atoms with van der Waals surface area (Å²) in [7, 11) is 0. The fourth-order valence-electron chi connectivity index (χ4n) is 5.02. The SMILES string of the molecule is CC(C)(C)OC(=O)N1C(CC=CCCCCCCCCCCCCCC(=O)c2ccccc2)COC1(C)C. The average Bonchev–Trinajstić information content (AvgIpc) is 3.17. The maximum Gasteiger partial charge on any atom is 0.412 e. The van der Waals surface area contributed by atoms with Crippen molar-refractivity contribution in [3.05, 3.63) is 48.0 Å². The number of hydrogen-bond donors (Lipinski definition) is 0. The molecule has 0 N–H and O–H groups in total. The van der Waals surface area contributed by atoms with Crippen LogP contribution in [0.15, 0.2) is 42.5 Å². The standard InChI is InChI=1S/C33H53NO4/c1-32(2,3)38-31(36)34-29(27-37-33(34,4)5)25-21-16-14-12-10-8-6-7-9-11-13-15-17-22-26-30(35)28-23-19-18-20-24-28/h16,18-21,23-24,29H,6-15,17,22,25-27H2,1-5H3. The van der Waals surface area contributed by atoms with Crippen LogP contribution in [0.3, 0.4) is 0 Å². The highest BCUT2D eigenvalue weighted by Crippen LogP contribution is 2.31. The number of rotatable bonds is 17. The molecule has 1 atom stereocenters. The Morgan fingerprint density at radius 1 is 0.895 bits per heavy atom. The summed E-state index contributed by atoms with van der Waals surface area (Å²) < 4.78 is 11.5. The fraction of sp³-hybridized carbons (Fsp3) is 0.697. The predicted molar refractivity (Wildman–Crippen MR) is 156 cm³/mol. The minimum absolute atomic E-state index is 0.0212. The first-order valence-corrected chi connectivity index (χ1v) is 15.0. The summed E-state index contributed by atoms with van der Waals surface area (Å²) in [4.78, 5) is 26.6. The van der Waals surface area contributed by atoms with Gasteiger partial charge in [0.05, 0.1) is 12.6 Å². The van der Waals surface area contributed by atoms with E-state index in [1.165, 1.54) is 57.8 Å². The van der Waals surface area contributed by atoms with E-state index < -0.39 is 11.3 Å². The van der Waals surface area contributed by atoms with E-state index in [1.807, 2.05) is 65.0 Å². The van der Waals surface area contributed by atoms with Crippen molar-refractivity contribution in [2.24, 2.45) is 0 Å². The molecule has 1 saturated heterocycles. The molecule has 0 spiro atoms. The monoisotopic (exact) mass is 527 g/mol. The third-order valence-corrected chi connectivity index (χ3v) is 7.11. The Bertz CT molecular complexity index is 840. The second-order valence-electron chi connectivity index (χ2n) is 12.2. The Kier molecular flexibility index (Phi) is 14.1. The van der Waals surface area contributed by atoms with Crippen molar-refractivity contribution < 1.29 is 19.1 Å². The molecule has 1 amide bonds. The zero-order chi connectivity index (χ0) is 27.9. The van der Waals surface area contributed by atoms with Gasteiger partial charge in [-0.05, 0) is 60.3 Å². The lowest BCUT2D eigenvalue weighted by Crippen LogP contribution is -2.49. The molecule has 1 fully saturated rings. The van der Waals surface area contributed by atoms with Gasteiger partial charge in [0.1, 0.15) is 11.3 Å². The number of benzene rings is 1. The lowest BCUT2D eigenvalue weighted by Gasteiger charge is -2.34. The van der Waals surface area contributed by atoms with Gasteiger partial charge in [0.25, 0.3) is 0 Å². The number of allylic oxidation sites excluding steroid dienone is 1. The van der Waals surface area contributed by atoms with Crippen LogP contribution in [0.4, 0.5) is 4.79 Å². The maximum absolute atomic E-state index is 12.7. The number of nitrogens with zero attached hydrogens (tertiary/aromatic N) is 1. The van der Waals surface area contributed by atoms with Crippen molar-refractivity contribution in [2.75, 3.05) is 6.61 Å². The third-order valence-electron chi connectivity index (χ3n) is 7.11. The molecule has 1 aromatic carbocycles. The average molecular weight is 528 g/mol. The number of amides is 1. The molecule has 0 saturated carbocycles. The molecular formula is C33H53NO4. The Balaban J connectivity index is 1.43. The van der Waals surface area contributed by atoms with Gasteiger partial charge in [-0.15, -0.1) is 0 Å². The molecular weight excluding hydrogens is 474 g/mol. The summed E-state index contributed by atoms with van der Waals surface area (Å²) >= 11 is 0. The molecule has 2 rings (SSSR count). The van der Waals surface area contributed by atoms with E-state index in [0.29, 0.717) is 13.0 Å². The molecule has 0 radical (unpaired) electrons. The lowest BCUT2D eigenvalue weighted by atomic mass is 10.0. The quantitative estimate of drug-likeness (QED) is 0.115. The minimum Gasteiger partial charge on any atom is -0.444 e. The van der Waals surface area contributed by atoms with Crippen LogP contribution < -0.4 is 0 Å². The second kappa shape index (κ2) is 16.7. The van der Waals surface area contributed by atoms with Crippen LogP contribution in [0.25, 0.3) is 0 Å². The van der Waals surface area contributed by atoms with Crippen molar-refractivity contribution in [3.8, 4) is 0 Å². The Hall–Kier alpha value is -2.14. The third kappa shape index (κ3) is 12.6. The largest absolute Gasteiger partial charge is 0.444 e. The van der Waals surface area contributed by atoms with Gasteiger partial charge >= 0.3 is 6.09 Å². The Morgan fingerprint density at radius 3 is 2.03 bits per heavy atom. The fourth-order valence-corrected chi connectivity index (χ4v) is 5.02. The van der Waals surface area contributed by atoms with E-state index >= 15 is 0 Å². The van der Waals surface area contributed by atoms with Crippen LogP contribution in [0.5, 0.6) is 0 Å². The second-order valence-corrected chi connectivity index (χ2v) is 12.2. The highest BCUT2D eigenvalue weighted by molar-refractivity contribution is 5.95. The van der Waals surface area contributed by atoms with Crippen molar-refractivity contribution in [2.45, 2.75) is 142 Å². The van der Waals surface area contributed by atoms with Gasteiger partial charge in [-0.1, -0.05) is 100 Å². The zero-order valence-corrected chi connectivity index (χ0v) is 24.8. The molecule has 0 aliphatic carbocycles. The van der Waals surface area contributed by atoms with Crippen LogP contribution in [-0.2, 0) is 9.47 Å². The molecule has 5 nitrogen and oxygen atoms in total. The van der Waals surface area contributed by atoms with Crippen molar-refractivity contribution in [3.63, 3.8) is 0 Å². The number of unbranched alkanes of at least 4 members (excludes halogenated alkanes) is 11. The van der Waals surface area contributed by atoms with E-state index in [2.05, 4.69) is 12.2 Å². The first kappa shape index (κ1) is 32.1. The number of ketones is 1. The first-order valence-electron chi connectivity index (χ1n) is 15.0. The lowest BCUT2D eigenvalue weighted by molar-refractivity contribution is -0.0623. The molecule has 1 aliphatic heterocycles. The minimum atomic E-state index is -0.635. The van der Waals surface area contributed by atoms with Crippen molar-refractivity contribution in [1.29, 1.82) is 0 Å². The zero-order valence-electron chi connectivity index (χ0n) is 24.8. The maximum atomic E-state index is 12.7. The summed E-state index contributed by atoms with van der Waals surface area (Å²) in [5, 5.41) is 0. The number of ether oxygens (including phenoxy) is 2. The highest BCUT2D eigenvalue weighted by atomic mass is 16.6. The Morgan fingerprint density at radius 2 is 1.45 bits per heavy atom. The Labute approximate surface area is 232 Å². The summed E-state index contributed by atoms with van der Waals surface area (Å²) in [6.45, 7) is 10.1. The first-order chi connectivity index (χ1) is 18.1. The van der Waals surface area contributed by atoms with E-state index in [0.717, 1.165) is 31.2 Å². The van der Waals surface area contributed by atoms with Crippen LogP contribution in [0, 0.1) is 0 Å². The molecule has 0 aromatic heterocycles. The molecule has 1 aliphatic rings. The summed E-state index contributed by atoms with van der Waals surface area (Å²) in [6, 6.07) is 9.66. The normalized spacial score (nSPS) is 17.3. The molecule has 1 unspecified atom stereocenters. The molecule has 214 valence electrons. The van der Waals surface area contributed by atoms with Gasteiger partial charge in [-0.3, -0.25) is 9.69 Å². The molecule has 1 aromatic rings. The summed E-state index contributed by atoms with van der Waals surface area (Å²) in [6.07, 6.45) is 20.6. The van der Waals surface area contributed by atoms with Crippen molar-refractivity contribution >= 4 is 11.9 Å². The van der Waals surface area contributed by atoms with Gasteiger partial charge in [0.2, 0.25) is 0 Å². The molecule has 1 heterocycles. The highest BCUT2D eigenvalue weighted by Gasteiger charge is 2.45. The van der Waals surface area contributed by atoms with Gasteiger partial charge < -0.3 is 9.47 Å². The van der Waals surface area contributed by atoms with Crippen LogP contribution >= 0.6 is 0 Å². The smallest absolute Gasteiger partial charge is 0.412 e. The van der Waals surface area contributed by atoms with Gasteiger partial charge in [-0.25, -0.2) is 4.79 Å². The van der Waals surface area contributed by atoms with E-state index in [1.54, 1.807) is 4.90 Å². The molecule has 38 heavy (non-hydrogen) atoms. The van der Waals surface area contributed by atoms with E-state index in [9.17, 15) is 9.59 Å². The topological polar surface area (TPSA) is 55.8 Å². The van der Waals surface area contributed by atoms with Crippen LogP contribution in [0.2, 0.25) is 0 Å². The van der Waals surface area contributed by atoms with Crippen molar-refractivity contribution in [1.82, 2.24) is 4.90 Å². The van der Waals surface area contributed by atoms with Crippen LogP contribution in [-0.4, -0.2) is 40.8 Å². The number of Topliss-reactive ketones (excluding diaryl/α,β-unsaturated/α-hetero) is 1. The van der Waals surface area contributed by atoms with E-state index in [-0.39, 0.29) is 17.9 Å². The number of carbonyl (C=O) groups excluding carboxylic acids is 2. The van der Waals surface area contributed by atoms with E-state index in [4.69, 9.17) is 9.47 Å². The number of hydrogen-bond acceptors (Lipinski definition) is 4. The van der Waals surface area contributed by atoms with Gasteiger partial charge in [0.15, 0.2) is 5.78 Å². The van der Waals surface area contributed by atoms with Crippen LogP contribution in [0.1, 0.15) is 135 Å². The molecule has 0 bridgehead atoms. The summed E-state index contributed by atoms with van der Waals surface area (Å²) in [5.41, 5.74) is -0.302. The summed E-state index contributed by atoms with van der Waals surface area (Å²) in [5.74, 6) is 0.276.